The van der Waals surface area contributed by atoms with Crippen molar-refractivity contribution >= 4 is 17.2 Å². The van der Waals surface area contributed by atoms with Crippen LogP contribution in [0.2, 0.25) is 0 Å². The number of amides is 1. The Labute approximate surface area is 216 Å². The number of hydrogen-bond acceptors (Lipinski definition) is 5. The molecule has 2 aromatic heterocycles. The summed E-state index contributed by atoms with van der Waals surface area (Å²) in [7, 11) is 3.20. The zero-order valence-corrected chi connectivity index (χ0v) is 21.6. The number of hydrogen-bond donors (Lipinski definition) is 2. The van der Waals surface area contributed by atoms with Crippen molar-refractivity contribution in [3.63, 3.8) is 0 Å². The molecule has 1 amide bonds. The van der Waals surface area contributed by atoms with E-state index in [9.17, 15) is 9.59 Å². The number of likely N-dealkylation sites (N-methyl/N-ethyl adjacent to an activating group) is 1. The molecule has 4 aromatic rings. The molecule has 0 bridgehead atoms. The largest absolute Gasteiger partial charge is 0.496 e. The lowest BCUT2D eigenvalue weighted by Gasteiger charge is -2.28. The van der Waals surface area contributed by atoms with E-state index in [-0.39, 0.29) is 17.9 Å². The van der Waals surface area contributed by atoms with Crippen LogP contribution in [0.4, 0.5) is 5.69 Å². The van der Waals surface area contributed by atoms with Gasteiger partial charge in [-0.15, -0.1) is 0 Å². The lowest BCUT2D eigenvalue weighted by atomic mass is 10.0. The van der Waals surface area contributed by atoms with Crippen LogP contribution in [0.1, 0.15) is 41.6 Å². The van der Waals surface area contributed by atoms with E-state index in [0.717, 1.165) is 54.0 Å². The van der Waals surface area contributed by atoms with Gasteiger partial charge in [0, 0.05) is 48.9 Å². The Balaban J connectivity index is 1.60. The fraction of sp³-hybridized carbons (Fsp3) is 0.345. The van der Waals surface area contributed by atoms with E-state index in [1.807, 2.05) is 43.3 Å². The number of anilines is 1. The van der Waals surface area contributed by atoms with E-state index in [1.54, 1.807) is 18.7 Å². The summed E-state index contributed by atoms with van der Waals surface area (Å²) in [5, 5.41) is 6.04. The predicted octanol–water partition coefficient (Wildman–Crippen LogP) is 3.88. The number of carbonyl (C=O) groups is 1. The third-order valence-corrected chi connectivity index (χ3v) is 7.15. The van der Waals surface area contributed by atoms with Crippen LogP contribution in [0.25, 0.3) is 16.9 Å². The molecule has 0 saturated carbocycles. The van der Waals surface area contributed by atoms with Crippen molar-refractivity contribution in [2.24, 2.45) is 0 Å². The maximum Gasteiger partial charge on any atom is 0.276 e. The van der Waals surface area contributed by atoms with E-state index in [4.69, 9.17) is 9.72 Å². The van der Waals surface area contributed by atoms with Crippen molar-refractivity contribution in [2.45, 2.75) is 39.0 Å². The lowest BCUT2D eigenvalue weighted by molar-refractivity contribution is -0.119. The van der Waals surface area contributed by atoms with Gasteiger partial charge in [0.15, 0.2) is 5.65 Å². The first-order chi connectivity index (χ1) is 18.0. The van der Waals surface area contributed by atoms with Gasteiger partial charge in [0.1, 0.15) is 11.4 Å². The average Bonchev–Trinajstić information content (AvgIpc) is 3.31. The number of nitrogens with one attached hydrogen (secondary N) is 2. The summed E-state index contributed by atoms with van der Waals surface area (Å²) in [6, 6.07) is 15.8. The highest BCUT2D eigenvalue weighted by Crippen LogP contribution is 2.35. The van der Waals surface area contributed by atoms with E-state index in [2.05, 4.69) is 27.4 Å². The molecule has 1 aliphatic rings. The minimum absolute atomic E-state index is 0.0974. The molecule has 5 rings (SSSR count). The molecule has 0 spiro atoms. The number of methoxy groups -OCH3 is 1. The second-order valence-corrected chi connectivity index (χ2v) is 9.56. The number of fused-ring (bicyclic) bond motifs is 1. The van der Waals surface area contributed by atoms with Crippen molar-refractivity contribution in [3.05, 3.63) is 81.3 Å². The summed E-state index contributed by atoms with van der Waals surface area (Å²) in [5.41, 5.74) is 6.55. The van der Waals surface area contributed by atoms with Crippen molar-refractivity contribution in [1.82, 2.24) is 19.9 Å². The molecule has 1 fully saturated rings. The highest BCUT2D eigenvalue weighted by Gasteiger charge is 2.24. The zero-order valence-electron chi connectivity index (χ0n) is 21.6. The maximum absolute atomic E-state index is 13.8. The van der Waals surface area contributed by atoms with Crippen LogP contribution < -0.4 is 20.5 Å². The molecule has 192 valence electrons. The Morgan fingerprint density at radius 2 is 1.86 bits per heavy atom. The molecule has 1 saturated heterocycles. The van der Waals surface area contributed by atoms with Crippen LogP contribution >= 0.6 is 0 Å². The van der Waals surface area contributed by atoms with Gasteiger partial charge < -0.3 is 15.0 Å². The molecule has 3 heterocycles. The summed E-state index contributed by atoms with van der Waals surface area (Å²) in [5.74, 6) is 0.553. The first kappa shape index (κ1) is 24.6. The first-order valence-electron chi connectivity index (χ1n) is 12.8. The van der Waals surface area contributed by atoms with Crippen molar-refractivity contribution in [3.8, 4) is 17.0 Å². The second kappa shape index (κ2) is 10.5. The van der Waals surface area contributed by atoms with Gasteiger partial charge in [-0.05, 0) is 37.8 Å². The number of ether oxygens (including phenoxy) is 1. The molecule has 8 heteroatoms. The molecule has 0 aliphatic carbocycles. The Kier molecular flexibility index (Phi) is 6.99. The molecule has 8 nitrogen and oxygen atoms in total. The van der Waals surface area contributed by atoms with Gasteiger partial charge in [-0.3, -0.25) is 14.7 Å². The van der Waals surface area contributed by atoms with Crippen LogP contribution in [0.5, 0.6) is 5.75 Å². The van der Waals surface area contributed by atoms with Crippen molar-refractivity contribution in [1.29, 1.82) is 0 Å². The lowest BCUT2D eigenvalue weighted by Crippen LogP contribution is -2.30. The Hall–Kier alpha value is -4.07. The normalized spacial score (nSPS) is 13.6. The number of carbonyl (C=O) groups excluding carboxylic acids is 1. The number of piperidine rings is 1. The number of nitrogens with zero attached hydrogens (tertiary/aromatic N) is 3. The molecular weight excluding hydrogens is 466 g/mol. The number of aryl methyl sites for hydroxylation is 1. The summed E-state index contributed by atoms with van der Waals surface area (Å²) in [6.45, 7) is 3.80. The third kappa shape index (κ3) is 4.83. The van der Waals surface area contributed by atoms with E-state index >= 15 is 0 Å². The van der Waals surface area contributed by atoms with Gasteiger partial charge in [0.2, 0.25) is 5.91 Å². The molecule has 0 atom stereocenters. The summed E-state index contributed by atoms with van der Waals surface area (Å²) in [6.07, 6.45) is 4.09. The van der Waals surface area contributed by atoms with Crippen molar-refractivity contribution in [2.75, 3.05) is 32.1 Å². The number of H-pyrrole nitrogens is 1. The smallest absolute Gasteiger partial charge is 0.276 e. The Morgan fingerprint density at radius 3 is 2.57 bits per heavy atom. The molecule has 0 radical (unpaired) electrons. The zero-order chi connectivity index (χ0) is 25.9. The molecular formula is C29H33N5O3. The first-order valence-corrected chi connectivity index (χ1v) is 12.8. The fourth-order valence-corrected chi connectivity index (χ4v) is 5.17. The number of rotatable bonds is 7. The van der Waals surface area contributed by atoms with Crippen LogP contribution in [0, 0.1) is 6.92 Å². The van der Waals surface area contributed by atoms with Gasteiger partial charge in [-0.25, -0.2) is 4.98 Å². The van der Waals surface area contributed by atoms with E-state index in [1.165, 1.54) is 6.42 Å². The van der Waals surface area contributed by atoms with Gasteiger partial charge in [-0.1, -0.05) is 42.5 Å². The third-order valence-electron chi connectivity index (χ3n) is 7.15. The SMILES string of the molecule is CNC(=O)Cc1cc(Cc2c(C)nc3c(N4CCCCC4)c(-c4ccccc4)[nH]n3c2=O)ccc1OC. The molecule has 2 aromatic carbocycles. The number of aromatic nitrogens is 3. The van der Waals surface area contributed by atoms with Crippen LogP contribution in [-0.2, 0) is 17.6 Å². The maximum atomic E-state index is 13.8. The summed E-state index contributed by atoms with van der Waals surface area (Å²) in [4.78, 5) is 33.2. The number of benzene rings is 2. The highest BCUT2D eigenvalue weighted by molar-refractivity contribution is 5.86. The summed E-state index contributed by atoms with van der Waals surface area (Å²) < 4.78 is 7.05. The second-order valence-electron chi connectivity index (χ2n) is 9.56. The minimum Gasteiger partial charge on any atom is -0.496 e. The summed E-state index contributed by atoms with van der Waals surface area (Å²) >= 11 is 0. The van der Waals surface area contributed by atoms with Gasteiger partial charge in [-0.2, -0.15) is 4.52 Å². The average molecular weight is 500 g/mol. The van der Waals surface area contributed by atoms with Gasteiger partial charge in [0.25, 0.3) is 5.56 Å². The van der Waals surface area contributed by atoms with Crippen LogP contribution in [-0.4, -0.2) is 47.8 Å². The molecule has 0 unspecified atom stereocenters. The standard InChI is InChI=1S/C29H33N5O3/c1-19-23(17-20-12-13-24(37-3)22(16-20)18-25(35)30-2)29(36)34-28(31-19)27(33-14-8-5-9-15-33)26(32-34)21-10-6-4-7-11-21/h4,6-7,10-13,16,32H,5,8-9,14-15,17-18H2,1-3H3,(H,30,35). The molecule has 37 heavy (non-hydrogen) atoms. The van der Waals surface area contributed by atoms with Crippen molar-refractivity contribution < 1.29 is 9.53 Å². The Morgan fingerprint density at radius 1 is 1.11 bits per heavy atom. The van der Waals surface area contributed by atoms with E-state index in [0.29, 0.717) is 29.1 Å². The van der Waals surface area contributed by atoms with Gasteiger partial charge >= 0.3 is 0 Å². The number of aromatic amines is 1. The highest BCUT2D eigenvalue weighted by atomic mass is 16.5. The van der Waals surface area contributed by atoms with Gasteiger partial charge in [0.05, 0.1) is 19.2 Å². The molecule has 1 aliphatic heterocycles. The van der Waals surface area contributed by atoms with E-state index < -0.39 is 0 Å². The predicted molar refractivity (Wildman–Crippen MR) is 146 cm³/mol. The topological polar surface area (TPSA) is 91.7 Å². The fourth-order valence-electron chi connectivity index (χ4n) is 5.17. The Bertz CT molecular complexity index is 1480. The van der Waals surface area contributed by atoms with Crippen LogP contribution in [0.15, 0.2) is 53.3 Å². The minimum atomic E-state index is -0.105. The van der Waals surface area contributed by atoms with Crippen LogP contribution in [0.3, 0.4) is 0 Å². The quantitative estimate of drug-likeness (QED) is 0.403. The molecule has 2 N–H and O–H groups in total. The monoisotopic (exact) mass is 499 g/mol.